The molecule has 0 aromatic carbocycles. The Morgan fingerprint density at radius 1 is 1.18 bits per heavy atom. The second kappa shape index (κ2) is 9.34. The molecule has 2 saturated heterocycles. The smallest absolute Gasteiger partial charge is 0.340 e. The molecule has 0 spiro atoms. The monoisotopic (exact) mass is 529 g/mol. The zero-order valence-electron chi connectivity index (χ0n) is 22.2. The predicted molar refractivity (Wildman–Crippen MR) is 132 cm³/mol. The Morgan fingerprint density at radius 2 is 1.87 bits per heavy atom. The third-order valence-electron chi connectivity index (χ3n) is 9.32. The van der Waals surface area contributed by atoms with E-state index in [9.17, 15) is 29.4 Å². The van der Waals surface area contributed by atoms with Crippen molar-refractivity contribution >= 4 is 23.5 Å². The standard InChI is InChI=1S/C28H35NO9/c1-14(30)37-18-11-27(2)17(5-6-19(27)32)21-23(18)28(3)20(13-36-4)38-26(35)16(22(28)25(34)24(21)33)12-29-9-7-15(31)8-10-29/h12,17-20,32,34H,5-11,13H2,1-4H3/b16-12-. The van der Waals surface area contributed by atoms with Crippen LogP contribution in [0.4, 0.5) is 0 Å². The van der Waals surface area contributed by atoms with E-state index in [2.05, 4.69) is 0 Å². The molecule has 10 nitrogen and oxygen atoms in total. The molecule has 6 unspecified atom stereocenters. The highest BCUT2D eigenvalue weighted by Crippen LogP contribution is 2.63. The molecule has 1 saturated carbocycles. The summed E-state index contributed by atoms with van der Waals surface area (Å²) in [6, 6.07) is 0. The van der Waals surface area contributed by atoms with Crippen molar-refractivity contribution in [3.63, 3.8) is 0 Å². The van der Waals surface area contributed by atoms with Crippen LogP contribution in [0.5, 0.6) is 0 Å². The first kappa shape index (κ1) is 26.6. The molecule has 0 aromatic heterocycles. The molecule has 0 radical (unpaired) electrons. The average molecular weight is 530 g/mol. The molecule has 3 aliphatic carbocycles. The second-order valence-electron chi connectivity index (χ2n) is 11.5. The Labute approximate surface area is 221 Å². The van der Waals surface area contributed by atoms with Crippen LogP contribution in [-0.4, -0.2) is 83.7 Å². The summed E-state index contributed by atoms with van der Waals surface area (Å²) in [4.78, 5) is 53.2. The first-order chi connectivity index (χ1) is 17.9. The summed E-state index contributed by atoms with van der Waals surface area (Å²) in [6.07, 6.45) is 1.03. The minimum atomic E-state index is -1.25. The van der Waals surface area contributed by atoms with E-state index in [1.165, 1.54) is 14.0 Å². The van der Waals surface area contributed by atoms with Gasteiger partial charge in [0.15, 0.2) is 5.76 Å². The number of carbonyl (C=O) groups excluding carboxylic acids is 4. The van der Waals surface area contributed by atoms with Gasteiger partial charge in [-0.1, -0.05) is 6.92 Å². The van der Waals surface area contributed by atoms with E-state index >= 15 is 0 Å². The van der Waals surface area contributed by atoms with Crippen molar-refractivity contribution in [2.75, 3.05) is 26.8 Å². The summed E-state index contributed by atoms with van der Waals surface area (Å²) in [5.41, 5.74) is -1.000. The van der Waals surface area contributed by atoms with Gasteiger partial charge in [-0.2, -0.15) is 0 Å². The molecule has 38 heavy (non-hydrogen) atoms. The second-order valence-corrected chi connectivity index (χ2v) is 11.5. The summed E-state index contributed by atoms with van der Waals surface area (Å²) >= 11 is 0. The summed E-state index contributed by atoms with van der Waals surface area (Å²) in [6.45, 7) is 5.74. The molecule has 0 bridgehead atoms. The highest BCUT2D eigenvalue weighted by atomic mass is 16.6. The zero-order chi connectivity index (χ0) is 27.6. The van der Waals surface area contributed by atoms with Gasteiger partial charge < -0.3 is 29.3 Å². The predicted octanol–water partition coefficient (Wildman–Crippen LogP) is 1.92. The number of piperidine rings is 1. The normalized spacial score (nSPS) is 38.2. The SMILES string of the molecule is COCC1OC(=O)/C(=C\N2CCC(=O)CC2)C2=C(O)C(=O)C3=C(C(OC(C)=O)CC4(C)C(O)CCC34)C21C. The van der Waals surface area contributed by atoms with Gasteiger partial charge in [-0.15, -0.1) is 0 Å². The lowest BCUT2D eigenvalue weighted by atomic mass is 9.53. The quantitative estimate of drug-likeness (QED) is 0.410. The number of allylic oxidation sites excluding steroid dienone is 1. The fourth-order valence-corrected chi connectivity index (χ4v) is 7.36. The number of esters is 2. The van der Waals surface area contributed by atoms with Crippen LogP contribution in [0, 0.1) is 16.7 Å². The molecule has 6 atom stereocenters. The molecular weight excluding hydrogens is 494 g/mol. The third-order valence-corrected chi connectivity index (χ3v) is 9.32. The number of rotatable bonds is 4. The van der Waals surface area contributed by atoms with E-state index in [4.69, 9.17) is 14.2 Å². The number of carbonyl (C=O) groups is 4. The van der Waals surface area contributed by atoms with Gasteiger partial charge in [0.05, 0.1) is 23.7 Å². The van der Waals surface area contributed by atoms with Crippen molar-refractivity contribution in [2.45, 2.75) is 71.2 Å². The molecule has 0 amide bonds. The van der Waals surface area contributed by atoms with Gasteiger partial charge in [0.2, 0.25) is 5.78 Å². The molecule has 2 heterocycles. The number of nitrogens with zero attached hydrogens (tertiary/aromatic N) is 1. The molecule has 10 heteroatoms. The molecule has 0 aromatic rings. The lowest BCUT2D eigenvalue weighted by Crippen LogP contribution is -2.57. The summed E-state index contributed by atoms with van der Waals surface area (Å²) in [7, 11) is 1.47. The van der Waals surface area contributed by atoms with E-state index in [0.717, 1.165) is 0 Å². The number of ketones is 2. The molecule has 206 valence electrons. The highest BCUT2D eigenvalue weighted by molar-refractivity contribution is 6.13. The first-order valence-corrected chi connectivity index (χ1v) is 13.2. The minimum absolute atomic E-state index is 0.0210. The van der Waals surface area contributed by atoms with Crippen molar-refractivity contribution in [1.82, 2.24) is 4.90 Å². The number of fused-ring (bicyclic) bond motifs is 4. The first-order valence-electron chi connectivity index (χ1n) is 13.2. The van der Waals surface area contributed by atoms with Crippen LogP contribution >= 0.6 is 0 Å². The van der Waals surface area contributed by atoms with Gasteiger partial charge in [-0.05, 0) is 37.7 Å². The Balaban J connectivity index is 1.73. The molecule has 5 aliphatic rings. The van der Waals surface area contributed by atoms with E-state index in [1.807, 2.05) is 11.8 Å². The van der Waals surface area contributed by atoms with E-state index < -0.39 is 52.6 Å². The van der Waals surface area contributed by atoms with E-state index in [0.29, 0.717) is 49.9 Å². The number of ether oxygens (including phenoxy) is 3. The summed E-state index contributed by atoms with van der Waals surface area (Å²) in [5, 5.41) is 22.4. The number of Topliss-reactive ketones (excluding diaryl/α,β-unsaturated/α-hetero) is 2. The van der Waals surface area contributed by atoms with Gasteiger partial charge in [0.1, 0.15) is 18.0 Å². The largest absolute Gasteiger partial charge is 0.504 e. The lowest BCUT2D eigenvalue weighted by Gasteiger charge is -2.54. The van der Waals surface area contributed by atoms with Gasteiger partial charge in [-0.3, -0.25) is 14.4 Å². The van der Waals surface area contributed by atoms with Crippen LogP contribution < -0.4 is 0 Å². The fraction of sp³-hybridized carbons (Fsp3) is 0.643. The lowest BCUT2D eigenvalue weighted by molar-refractivity contribution is -0.161. The number of methoxy groups -OCH3 is 1. The summed E-state index contributed by atoms with van der Waals surface area (Å²) < 4.78 is 17.1. The van der Waals surface area contributed by atoms with Crippen LogP contribution in [0.25, 0.3) is 0 Å². The van der Waals surface area contributed by atoms with Crippen LogP contribution in [0.3, 0.4) is 0 Å². The van der Waals surface area contributed by atoms with Crippen molar-refractivity contribution < 1.29 is 43.6 Å². The number of likely N-dealkylation sites (tertiary alicyclic amines) is 1. The highest BCUT2D eigenvalue weighted by Gasteiger charge is 2.64. The zero-order valence-corrected chi connectivity index (χ0v) is 22.2. The maximum atomic E-state index is 14.0. The Kier molecular flexibility index (Phi) is 6.54. The van der Waals surface area contributed by atoms with Crippen molar-refractivity contribution in [3.05, 3.63) is 34.3 Å². The van der Waals surface area contributed by atoms with Gasteiger partial charge in [0.25, 0.3) is 0 Å². The molecule has 3 fully saturated rings. The van der Waals surface area contributed by atoms with Gasteiger partial charge in [0, 0.05) is 62.7 Å². The van der Waals surface area contributed by atoms with Crippen LogP contribution in [0.15, 0.2) is 34.3 Å². The Bertz CT molecular complexity index is 1190. The molecule has 5 rings (SSSR count). The molecule has 2 aliphatic heterocycles. The van der Waals surface area contributed by atoms with Crippen molar-refractivity contribution in [2.24, 2.45) is 16.7 Å². The van der Waals surface area contributed by atoms with Gasteiger partial charge in [-0.25, -0.2) is 4.79 Å². The maximum Gasteiger partial charge on any atom is 0.340 e. The van der Waals surface area contributed by atoms with Crippen LogP contribution in [-0.2, 0) is 33.4 Å². The number of cyclic esters (lactones) is 1. The molecule has 2 N–H and O–H groups in total. The van der Waals surface area contributed by atoms with E-state index in [1.54, 1.807) is 13.1 Å². The fourth-order valence-electron chi connectivity index (χ4n) is 7.36. The molecular formula is C28H35NO9. The number of hydrogen-bond donors (Lipinski definition) is 2. The maximum absolute atomic E-state index is 14.0. The summed E-state index contributed by atoms with van der Waals surface area (Å²) in [5.74, 6) is -2.66. The van der Waals surface area contributed by atoms with Gasteiger partial charge >= 0.3 is 11.9 Å². The topological polar surface area (TPSA) is 140 Å². The Hall–Kier alpha value is -2.98. The van der Waals surface area contributed by atoms with E-state index in [-0.39, 0.29) is 35.9 Å². The number of hydrogen-bond acceptors (Lipinski definition) is 10. The number of aliphatic hydroxyl groups excluding tert-OH is 2. The third kappa shape index (κ3) is 3.83. The number of aliphatic hydroxyl groups is 2. The minimum Gasteiger partial charge on any atom is -0.504 e. The van der Waals surface area contributed by atoms with Crippen LogP contribution in [0.2, 0.25) is 0 Å². The van der Waals surface area contributed by atoms with Crippen LogP contribution in [0.1, 0.15) is 52.9 Å². The Morgan fingerprint density at radius 3 is 2.50 bits per heavy atom. The van der Waals surface area contributed by atoms with Crippen molar-refractivity contribution in [3.8, 4) is 0 Å². The van der Waals surface area contributed by atoms with Crippen molar-refractivity contribution in [1.29, 1.82) is 0 Å². The average Bonchev–Trinajstić information content (AvgIpc) is 3.15.